The maximum atomic E-state index is 12.8. The highest BCUT2D eigenvalue weighted by molar-refractivity contribution is 5.94. The zero-order valence-corrected chi connectivity index (χ0v) is 15.9. The van der Waals surface area contributed by atoms with Gasteiger partial charge in [-0.1, -0.05) is 12.1 Å². The molecule has 1 amide bonds. The van der Waals surface area contributed by atoms with Crippen LogP contribution in [0.25, 0.3) is 0 Å². The van der Waals surface area contributed by atoms with Crippen LogP contribution in [-0.2, 0) is 6.54 Å². The van der Waals surface area contributed by atoms with Crippen LogP contribution in [0.4, 0.5) is 5.69 Å². The van der Waals surface area contributed by atoms with Crippen molar-refractivity contribution in [3.8, 4) is 5.75 Å². The molecule has 0 N–H and O–H groups in total. The molecule has 28 heavy (non-hydrogen) atoms. The highest BCUT2D eigenvalue weighted by Crippen LogP contribution is 2.21. The van der Waals surface area contributed by atoms with Crippen LogP contribution < -0.4 is 9.64 Å². The molecule has 1 aliphatic heterocycles. The summed E-state index contributed by atoms with van der Waals surface area (Å²) in [4.78, 5) is 21.0. The Morgan fingerprint density at radius 3 is 2.32 bits per heavy atom. The molecule has 0 spiro atoms. The summed E-state index contributed by atoms with van der Waals surface area (Å²) in [5, 5.41) is 4.10. The van der Waals surface area contributed by atoms with Crippen LogP contribution >= 0.6 is 0 Å². The molecule has 1 aromatic heterocycles. The number of rotatable bonds is 5. The third kappa shape index (κ3) is 3.98. The van der Waals surface area contributed by atoms with E-state index in [1.54, 1.807) is 18.1 Å². The smallest absolute Gasteiger partial charge is 0.253 e. The molecule has 0 radical (unpaired) electrons. The van der Waals surface area contributed by atoms with E-state index >= 15 is 0 Å². The first kappa shape index (κ1) is 18.0. The summed E-state index contributed by atoms with van der Waals surface area (Å²) in [5.74, 6) is 0.937. The van der Waals surface area contributed by atoms with E-state index in [1.807, 2.05) is 41.3 Å². The topological polar surface area (TPSA) is 63.5 Å². The highest BCUT2D eigenvalue weighted by Gasteiger charge is 2.22. The van der Waals surface area contributed by atoms with E-state index in [-0.39, 0.29) is 5.91 Å². The summed E-state index contributed by atoms with van der Waals surface area (Å²) in [6.45, 7) is 3.72. The van der Waals surface area contributed by atoms with Crippen LogP contribution in [0.15, 0.2) is 61.2 Å². The maximum Gasteiger partial charge on any atom is 0.253 e. The lowest BCUT2D eigenvalue weighted by Gasteiger charge is -2.36. The van der Waals surface area contributed by atoms with Crippen molar-refractivity contribution in [2.45, 2.75) is 6.54 Å². The van der Waals surface area contributed by atoms with E-state index in [4.69, 9.17) is 4.74 Å². The van der Waals surface area contributed by atoms with Gasteiger partial charge in [0.05, 0.1) is 13.7 Å². The Kier molecular flexibility index (Phi) is 5.23. The predicted octanol–water partition coefficient (Wildman–Crippen LogP) is 2.30. The number of carbonyl (C=O) groups is 1. The highest BCUT2D eigenvalue weighted by atomic mass is 16.5. The van der Waals surface area contributed by atoms with Crippen LogP contribution in [0.5, 0.6) is 5.75 Å². The Hall–Kier alpha value is -3.35. The van der Waals surface area contributed by atoms with E-state index in [2.05, 4.69) is 27.1 Å². The van der Waals surface area contributed by atoms with Gasteiger partial charge in [-0.25, -0.2) is 9.67 Å². The molecular formula is C21H23N5O2. The lowest BCUT2D eigenvalue weighted by molar-refractivity contribution is 0.0747. The van der Waals surface area contributed by atoms with Crippen molar-refractivity contribution >= 4 is 11.6 Å². The Morgan fingerprint density at radius 2 is 1.71 bits per heavy atom. The van der Waals surface area contributed by atoms with Gasteiger partial charge in [0.15, 0.2) is 0 Å². The van der Waals surface area contributed by atoms with Crippen LogP contribution in [0.1, 0.15) is 15.9 Å². The number of nitrogens with zero attached hydrogens (tertiary/aromatic N) is 5. The zero-order chi connectivity index (χ0) is 19.3. The first-order valence-corrected chi connectivity index (χ1v) is 9.32. The minimum atomic E-state index is 0.0849. The molecule has 1 saturated heterocycles. The molecule has 2 heterocycles. The summed E-state index contributed by atoms with van der Waals surface area (Å²) >= 11 is 0. The molecule has 1 aliphatic rings. The Labute approximate surface area is 164 Å². The van der Waals surface area contributed by atoms with E-state index in [1.165, 1.54) is 6.33 Å². The fraction of sp³-hybridized carbons (Fsp3) is 0.286. The van der Waals surface area contributed by atoms with Gasteiger partial charge in [0.25, 0.3) is 5.91 Å². The van der Waals surface area contributed by atoms with Crippen molar-refractivity contribution in [1.82, 2.24) is 19.7 Å². The number of anilines is 1. The van der Waals surface area contributed by atoms with Gasteiger partial charge in [0.1, 0.15) is 18.4 Å². The molecule has 144 valence electrons. The number of hydrogen-bond donors (Lipinski definition) is 0. The molecule has 0 bridgehead atoms. The molecule has 0 unspecified atom stereocenters. The van der Waals surface area contributed by atoms with Gasteiger partial charge in [-0.15, -0.1) is 0 Å². The van der Waals surface area contributed by atoms with Gasteiger partial charge in [-0.05, 0) is 42.0 Å². The third-order valence-electron chi connectivity index (χ3n) is 5.02. The molecule has 4 rings (SSSR count). The van der Waals surface area contributed by atoms with Crippen LogP contribution in [0.2, 0.25) is 0 Å². The minimum absolute atomic E-state index is 0.0849. The Morgan fingerprint density at radius 1 is 1.00 bits per heavy atom. The molecule has 7 nitrogen and oxygen atoms in total. The number of amides is 1. The molecular weight excluding hydrogens is 354 g/mol. The lowest BCUT2D eigenvalue weighted by atomic mass is 10.1. The molecule has 0 saturated carbocycles. The van der Waals surface area contributed by atoms with Crippen molar-refractivity contribution in [2.75, 3.05) is 38.2 Å². The fourth-order valence-corrected chi connectivity index (χ4v) is 3.40. The first-order chi connectivity index (χ1) is 13.7. The average Bonchev–Trinajstić information content (AvgIpc) is 3.27. The molecule has 0 aliphatic carbocycles. The number of methoxy groups -OCH3 is 1. The SMILES string of the molecule is COc1ccc(N2CCN(C(=O)c3ccc(Cn4cncn4)cc3)CC2)cc1. The third-order valence-corrected chi connectivity index (χ3v) is 5.02. The van der Waals surface area contributed by atoms with Crippen LogP contribution in [0.3, 0.4) is 0 Å². The van der Waals surface area contributed by atoms with Crippen LogP contribution in [0, 0.1) is 0 Å². The summed E-state index contributed by atoms with van der Waals surface area (Å²) in [6, 6.07) is 15.8. The van der Waals surface area contributed by atoms with Crippen molar-refractivity contribution in [2.24, 2.45) is 0 Å². The normalized spacial score (nSPS) is 14.2. The second-order valence-corrected chi connectivity index (χ2v) is 6.77. The van der Waals surface area contributed by atoms with E-state index < -0.39 is 0 Å². The van der Waals surface area contributed by atoms with Gasteiger partial charge >= 0.3 is 0 Å². The van der Waals surface area contributed by atoms with Crippen molar-refractivity contribution < 1.29 is 9.53 Å². The zero-order valence-electron chi connectivity index (χ0n) is 15.9. The van der Waals surface area contributed by atoms with Gasteiger partial charge in [0.2, 0.25) is 0 Å². The number of carbonyl (C=O) groups excluding carboxylic acids is 1. The monoisotopic (exact) mass is 377 g/mol. The summed E-state index contributed by atoms with van der Waals surface area (Å²) in [7, 11) is 1.67. The van der Waals surface area contributed by atoms with E-state index in [0.717, 1.165) is 35.7 Å². The first-order valence-electron chi connectivity index (χ1n) is 9.32. The number of aromatic nitrogens is 3. The second-order valence-electron chi connectivity index (χ2n) is 6.77. The number of piperazine rings is 1. The number of hydrogen-bond acceptors (Lipinski definition) is 5. The average molecular weight is 377 g/mol. The largest absolute Gasteiger partial charge is 0.497 e. The summed E-state index contributed by atoms with van der Waals surface area (Å²) in [5.41, 5.74) is 2.97. The van der Waals surface area contributed by atoms with Gasteiger partial charge in [-0.3, -0.25) is 4.79 Å². The van der Waals surface area contributed by atoms with Crippen molar-refractivity contribution in [3.05, 3.63) is 72.3 Å². The molecule has 0 atom stereocenters. The van der Waals surface area contributed by atoms with E-state index in [0.29, 0.717) is 19.6 Å². The predicted molar refractivity (Wildman–Crippen MR) is 107 cm³/mol. The van der Waals surface area contributed by atoms with Crippen molar-refractivity contribution in [3.63, 3.8) is 0 Å². The van der Waals surface area contributed by atoms with Crippen molar-refractivity contribution in [1.29, 1.82) is 0 Å². The van der Waals surface area contributed by atoms with Crippen LogP contribution in [-0.4, -0.2) is 58.9 Å². The molecule has 1 fully saturated rings. The quantitative estimate of drug-likeness (QED) is 0.683. The molecule has 7 heteroatoms. The molecule has 2 aromatic carbocycles. The summed E-state index contributed by atoms with van der Waals surface area (Å²) in [6.07, 6.45) is 3.20. The maximum absolute atomic E-state index is 12.8. The Balaban J connectivity index is 1.34. The fourth-order valence-electron chi connectivity index (χ4n) is 3.40. The number of ether oxygens (including phenoxy) is 1. The standard InChI is InChI=1S/C21H23N5O2/c1-28-20-8-6-19(7-9-20)24-10-12-25(13-11-24)21(27)18-4-2-17(3-5-18)14-26-16-22-15-23-26/h2-9,15-16H,10-14H2,1H3. The van der Waals surface area contributed by atoms with E-state index in [9.17, 15) is 4.79 Å². The second kappa shape index (κ2) is 8.12. The lowest BCUT2D eigenvalue weighted by Crippen LogP contribution is -2.48. The minimum Gasteiger partial charge on any atom is -0.497 e. The van der Waals surface area contributed by atoms with Gasteiger partial charge in [-0.2, -0.15) is 5.10 Å². The molecule has 3 aromatic rings. The van der Waals surface area contributed by atoms with Gasteiger partial charge < -0.3 is 14.5 Å². The Bertz CT molecular complexity index is 899. The summed E-state index contributed by atoms with van der Waals surface area (Å²) < 4.78 is 6.97. The number of benzene rings is 2. The van der Waals surface area contributed by atoms with Gasteiger partial charge in [0, 0.05) is 37.4 Å².